The van der Waals surface area contributed by atoms with Gasteiger partial charge >= 0.3 is 0 Å². The molecule has 5 heteroatoms. The van der Waals surface area contributed by atoms with Gasteiger partial charge in [-0.05, 0) is 31.4 Å². The van der Waals surface area contributed by atoms with Gasteiger partial charge in [-0.2, -0.15) is 0 Å². The van der Waals surface area contributed by atoms with Crippen LogP contribution in [0.15, 0.2) is 24.3 Å². The molecule has 2 saturated heterocycles. The number of carbonyl (C=O) groups is 1. The van der Waals surface area contributed by atoms with E-state index in [0.29, 0.717) is 6.04 Å². The van der Waals surface area contributed by atoms with E-state index < -0.39 is 0 Å². The second kappa shape index (κ2) is 6.02. The summed E-state index contributed by atoms with van der Waals surface area (Å²) < 4.78 is 0. The van der Waals surface area contributed by atoms with Crippen LogP contribution in [-0.2, 0) is 4.79 Å². The molecule has 0 saturated carbocycles. The number of amides is 1. The van der Waals surface area contributed by atoms with Gasteiger partial charge in [-0.3, -0.25) is 4.79 Å². The standard InChI is InChI=1S/C15H20ClN3O/c16-12-3-1-2-4-14(12)19-9-6-11(7-10-19)18-13-5-8-17-15(13)20/h1-4,11,13,18H,5-10H2,(H,17,20)/t13-/m0/s1. The summed E-state index contributed by atoms with van der Waals surface area (Å²) in [7, 11) is 0. The molecule has 2 aliphatic rings. The van der Waals surface area contributed by atoms with Crippen LogP contribution in [0.2, 0.25) is 5.02 Å². The maximum Gasteiger partial charge on any atom is 0.237 e. The highest BCUT2D eigenvalue weighted by Gasteiger charge is 2.28. The van der Waals surface area contributed by atoms with E-state index in [1.165, 1.54) is 0 Å². The predicted molar refractivity (Wildman–Crippen MR) is 81.2 cm³/mol. The fraction of sp³-hybridized carbons (Fsp3) is 0.533. The van der Waals surface area contributed by atoms with Crippen molar-refractivity contribution in [3.63, 3.8) is 0 Å². The van der Waals surface area contributed by atoms with Crippen molar-refractivity contribution in [2.75, 3.05) is 24.5 Å². The van der Waals surface area contributed by atoms with E-state index in [2.05, 4.69) is 21.6 Å². The number of anilines is 1. The van der Waals surface area contributed by atoms with Crippen LogP contribution < -0.4 is 15.5 Å². The molecule has 3 rings (SSSR count). The summed E-state index contributed by atoms with van der Waals surface area (Å²) >= 11 is 6.24. The molecule has 1 atom stereocenters. The van der Waals surface area contributed by atoms with Crippen molar-refractivity contribution in [2.45, 2.75) is 31.3 Å². The zero-order chi connectivity index (χ0) is 13.9. The summed E-state index contributed by atoms with van der Waals surface area (Å²) in [6.45, 7) is 2.76. The Morgan fingerprint density at radius 1 is 1.20 bits per heavy atom. The van der Waals surface area contributed by atoms with Crippen LogP contribution in [-0.4, -0.2) is 37.6 Å². The van der Waals surface area contributed by atoms with E-state index in [1.54, 1.807) is 0 Å². The molecule has 2 fully saturated rings. The lowest BCUT2D eigenvalue weighted by molar-refractivity contribution is -0.121. The quantitative estimate of drug-likeness (QED) is 0.893. The highest BCUT2D eigenvalue weighted by atomic mass is 35.5. The fourth-order valence-corrected chi connectivity index (χ4v) is 3.29. The van der Waals surface area contributed by atoms with Crippen LogP contribution in [0.3, 0.4) is 0 Å². The van der Waals surface area contributed by atoms with Gasteiger partial charge in [0.05, 0.1) is 16.8 Å². The van der Waals surface area contributed by atoms with Crippen LogP contribution in [0.4, 0.5) is 5.69 Å². The van der Waals surface area contributed by atoms with Crippen LogP contribution in [0.5, 0.6) is 0 Å². The Morgan fingerprint density at radius 2 is 1.95 bits per heavy atom. The van der Waals surface area contributed by atoms with Crippen molar-refractivity contribution >= 4 is 23.2 Å². The van der Waals surface area contributed by atoms with E-state index in [9.17, 15) is 4.79 Å². The predicted octanol–water partition coefficient (Wildman–Crippen LogP) is 1.79. The first-order chi connectivity index (χ1) is 9.74. The normalized spacial score (nSPS) is 23.9. The van der Waals surface area contributed by atoms with Crippen LogP contribution >= 0.6 is 11.6 Å². The lowest BCUT2D eigenvalue weighted by Gasteiger charge is -2.35. The summed E-state index contributed by atoms with van der Waals surface area (Å²) in [5.74, 6) is 0.151. The number of hydrogen-bond acceptors (Lipinski definition) is 3. The summed E-state index contributed by atoms with van der Waals surface area (Å²) in [6.07, 6.45) is 3.01. The van der Waals surface area contributed by atoms with E-state index in [1.807, 2.05) is 18.2 Å². The molecule has 0 unspecified atom stereocenters. The molecule has 2 heterocycles. The van der Waals surface area contributed by atoms with Gasteiger partial charge in [-0.15, -0.1) is 0 Å². The van der Waals surface area contributed by atoms with Gasteiger partial charge in [-0.1, -0.05) is 23.7 Å². The third-order valence-corrected chi connectivity index (χ3v) is 4.49. The number of benzene rings is 1. The first-order valence-corrected chi connectivity index (χ1v) is 7.65. The second-order valence-electron chi connectivity index (χ2n) is 5.51. The lowest BCUT2D eigenvalue weighted by Crippen LogP contribution is -2.48. The largest absolute Gasteiger partial charge is 0.370 e. The third kappa shape index (κ3) is 2.91. The van der Waals surface area contributed by atoms with Gasteiger partial charge in [0, 0.05) is 25.7 Å². The minimum atomic E-state index is 0.00635. The molecule has 1 aromatic carbocycles. The second-order valence-corrected chi connectivity index (χ2v) is 5.92. The summed E-state index contributed by atoms with van der Waals surface area (Å²) in [4.78, 5) is 13.9. The summed E-state index contributed by atoms with van der Waals surface area (Å²) in [6, 6.07) is 8.42. The molecule has 2 N–H and O–H groups in total. The highest BCUT2D eigenvalue weighted by Crippen LogP contribution is 2.27. The Bertz CT molecular complexity index is 486. The van der Waals surface area contributed by atoms with Crippen molar-refractivity contribution in [1.82, 2.24) is 10.6 Å². The van der Waals surface area contributed by atoms with E-state index in [-0.39, 0.29) is 11.9 Å². The molecule has 108 valence electrons. The summed E-state index contributed by atoms with van der Waals surface area (Å²) in [5.41, 5.74) is 1.12. The molecule has 1 amide bonds. The van der Waals surface area contributed by atoms with Crippen molar-refractivity contribution in [2.24, 2.45) is 0 Å². The molecule has 2 aliphatic heterocycles. The zero-order valence-electron chi connectivity index (χ0n) is 11.4. The molecule has 4 nitrogen and oxygen atoms in total. The Morgan fingerprint density at radius 3 is 2.60 bits per heavy atom. The van der Waals surface area contributed by atoms with Crippen molar-refractivity contribution in [3.05, 3.63) is 29.3 Å². The van der Waals surface area contributed by atoms with Crippen molar-refractivity contribution in [3.8, 4) is 0 Å². The van der Waals surface area contributed by atoms with Crippen molar-refractivity contribution in [1.29, 1.82) is 0 Å². The molecule has 0 bridgehead atoms. The van der Waals surface area contributed by atoms with E-state index >= 15 is 0 Å². The van der Waals surface area contributed by atoms with Gasteiger partial charge in [0.15, 0.2) is 0 Å². The maximum absolute atomic E-state index is 11.6. The summed E-state index contributed by atoms with van der Waals surface area (Å²) in [5, 5.41) is 7.17. The molecule has 1 aromatic rings. The molecular formula is C15H20ClN3O. The molecule has 0 aliphatic carbocycles. The SMILES string of the molecule is O=C1NCC[C@@H]1NC1CCN(c2ccccc2Cl)CC1. The van der Waals surface area contributed by atoms with Crippen molar-refractivity contribution < 1.29 is 4.79 Å². The number of para-hydroxylation sites is 1. The molecular weight excluding hydrogens is 274 g/mol. The fourth-order valence-electron chi connectivity index (χ4n) is 3.03. The number of rotatable bonds is 3. The average Bonchev–Trinajstić information content (AvgIpc) is 2.86. The smallest absolute Gasteiger partial charge is 0.237 e. The molecule has 0 spiro atoms. The number of nitrogens with zero attached hydrogens (tertiary/aromatic N) is 1. The number of halogens is 1. The monoisotopic (exact) mass is 293 g/mol. The maximum atomic E-state index is 11.6. The Hall–Kier alpha value is -1.26. The number of nitrogens with one attached hydrogen (secondary N) is 2. The van der Waals surface area contributed by atoms with Gasteiger partial charge < -0.3 is 15.5 Å². The van der Waals surface area contributed by atoms with Crippen LogP contribution in [0, 0.1) is 0 Å². The molecule has 0 aromatic heterocycles. The minimum absolute atomic E-state index is 0.00635. The highest BCUT2D eigenvalue weighted by molar-refractivity contribution is 6.33. The molecule has 0 radical (unpaired) electrons. The van der Waals surface area contributed by atoms with Gasteiger partial charge in [-0.25, -0.2) is 0 Å². The number of carbonyl (C=O) groups excluding carboxylic acids is 1. The molecule has 20 heavy (non-hydrogen) atoms. The first kappa shape index (κ1) is 13.7. The third-order valence-electron chi connectivity index (χ3n) is 4.17. The van der Waals surface area contributed by atoms with E-state index in [0.717, 1.165) is 49.6 Å². The Balaban J connectivity index is 1.54. The van der Waals surface area contributed by atoms with Crippen LogP contribution in [0.1, 0.15) is 19.3 Å². The van der Waals surface area contributed by atoms with Crippen LogP contribution in [0.25, 0.3) is 0 Å². The topological polar surface area (TPSA) is 44.4 Å². The zero-order valence-corrected chi connectivity index (χ0v) is 12.2. The minimum Gasteiger partial charge on any atom is -0.370 e. The van der Waals surface area contributed by atoms with Gasteiger partial charge in [0.2, 0.25) is 5.91 Å². The average molecular weight is 294 g/mol. The lowest BCUT2D eigenvalue weighted by atomic mass is 10.0. The Labute approximate surface area is 124 Å². The van der Waals surface area contributed by atoms with Gasteiger partial charge in [0.25, 0.3) is 0 Å². The van der Waals surface area contributed by atoms with Gasteiger partial charge in [0.1, 0.15) is 0 Å². The Kier molecular flexibility index (Phi) is 4.13. The number of hydrogen-bond donors (Lipinski definition) is 2. The number of piperidine rings is 1. The first-order valence-electron chi connectivity index (χ1n) is 7.27. The van der Waals surface area contributed by atoms with E-state index in [4.69, 9.17) is 11.6 Å².